The van der Waals surface area contributed by atoms with Gasteiger partial charge in [0.05, 0.1) is 18.1 Å². The molecular weight excluding hydrogens is 382 g/mol. The lowest BCUT2D eigenvalue weighted by atomic mass is 10.3. The van der Waals surface area contributed by atoms with Crippen LogP contribution >= 0.6 is 15.9 Å². The Kier molecular flexibility index (Phi) is 4.03. The number of fused-ring (bicyclic) bond motifs is 1. The molecule has 0 spiro atoms. The molecule has 1 heterocycles. The maximum absolute atomic E-state index is 12.7. The van der Waals surface area contributed by atoms with Crippen LogP contribution in [0.4, 0.5) is 5.95 Å². The highest BCUT2D eigenvalue weighted by molar-refractivity contribution is 9.10. The van der Waals surface area contributed by atoms with Gasteiger partial charge in [0.2, 0.25) is 5.95 Å². The first kappa shape index (κ1) is 15.8. The van der Waals surface area contributed by atoms with Crippen molar-refractivity contribution in [2.45, 2.75) is 4.90 Å². The van der Waals surface area contributed by atoms with E-state index in [9.17, 15) is 8.42 Å². The van der Waals surface area contributed by atoms with Crippen molar-refractivity contribution in [1.29, 1.82) is 0 Å². The lowest BCUT2D eigenvalue weighted by Crippen LogP contribution is -2.16. The fourth-order valence-corrected chi connectivity index (χ4v) is 4.02. The van der Waals surface area contributed by atoms with E-state index in [4.69, 9.17) is 4.74 Å². The summed E-state index contributed by atoms with van der Waals surface area (Å²) in [5, 5.41) is 0. The van der Waals surface area contributed by atoms with Gasteiger partial charge in [0.25, 0.3) is 10.0 Å². The second-order valence-electron chi connectivity index (χ2n) is 4.88. The van der Waals surface area contributed by atoms with Gasteiger partial charge in [-0.05, 0) is 30.3 Å². The van der Waals surface area contributed by atoms with Crippen molar-refractivity contribution in [3.8, 4) is 5.75 Å². The van der Waals surface area contributed by atoms with E-state index >= 15 is 0 Å². The number of rotatable bonds is 4. The summed E-state index contributed by atoms with van der Waals surface area (Å²) < 4.78 is 35.4. The first-order valence-corrected chi connectivity index (χ1v) is 8.98. The number of benzene rings is 2. The van der Waals surface area contributed by atoms with Crippen molar-refractivity contribution in [3.63, 3.8) is 0 Å². The van der Waals surface area contributed by atoms with Gasteiger partial charge in [0, 0.05) is 11.5 Å². The van der Waals surface area contributed by atoms with Crippen LogP contribution < -0.4 is 9.46 Å². The fraction of sp³-hybridized carbons (Fsp3) is 0.133. The molecule has 0 saturated heterocycles. The number of nitrogens with one attached hydrogen (secondary N) is 1. The van der Waals surface area contributed by atoms with E-state index in [1.54, 1.807) is 23.7 Å². The molecule has 0 aliphatic carbocycles. The predicted molar refractivity (Wildman–Crippen MR) is 92.2 cm³/mol. The van der Waals surface area contributed by atoms with Crippen LogP contribution in [0, 0.1) is 0 Å². The van der Waals surface area contributed by atoms with Crippen molar-refractivity contribution in [2.24, 2.45) is 7.05 Å². The van der Waals surface area contributed by atoms with Crippen LogP contribution in [0.1, 0.15) is 0 Å². The van der Waals surface area contributed by atoms with E-state index in [0.717, 1.165) is 5.52 Å². The largest absolute Gasteiger partial charge is 0.495 e. The molecule has 0 aliphatic heterocycles. The Morgan fingerprint density at radius 3 is 2.65 bits per heavy atom. The fourth-order valence-electron chi connectivity index (χ4n) is 2.27. The van der Waals surface area contributed by atoms with Gasteiger partial charge in [-0.3, -0.25) is 0 Å². The maximum atomic E-state index is 12.7. The number of halogens is 1. The van der Waals surface area contributed by atoms with Gasteiger partial charge >= 0.3 is 0 Å². The molecule has 0 amide bonds. The maximum Gasteiger partial charge on any atom is 0.267 e. The lowest BCUT2D eigenvalue weighted by molar-refractivity contribution is 0.402. The third-order valence-corrected chi connectivity index (χ3v) is 5.27. The molecule has 0 saturated carbocycles. The number of sulfonamides is 1. The number of para-hydroxylation sites is 2. The van der Waals surface area contributed by atoms with E-state index in [1.165, 1.54) is 13.2 Å². The molecule has 0 atom stereocenters. The number of anilines is 1. The highest BCUT2D eigenvalue weighted by Gasteiger charge is 2.22. The number of imidazole rings is 1. The van der Waals surface area contributed by atoms with Gasteiger partial charge in [-0.25, -0.2) is 18.1 Å². The zero-order chi connectivity index (χ0) is 16.6. The van der Waals surface area contributed by atoms with Gasteiger partial charge in [-0.2, -0.15) is 0 Å². The van der Waals surface area contributed by atoms with Crippen molar-refractivity contribution >= 4 is 42.9 Å². The summed E-state index contributed by atoms with van der Waals surface area (Å²) in [5.74, 6) is 0.507. The summed E-state index contributed by atoms with van der Waals surface area (Å²) in [5.41, 5.74) is 1.56. The minimum atomic E-state index is -3.84. The van der Waals surface area contributed by atoms with Gasteiger partial charge in [0.15, 0.2) is 0 Å². The van der Waals surface area contributed by atoms with E-state index in [0.29, 0.717) is 9.99 Å². The Labute approximate surface area is 142 Å². The van der Waals surface area contributed by atoms with Crippen molar-refractivity contribution < 1.29 is 13.2 Å². The van der Waals surface area contributed by atoms with Crippen LogP contribution in [0.25, 0.3) is 11.0 Å². The first-order chi connectivity index (χ1) is 10.9. The Morgan fingerprint density at radius 1 is 1.22 bits per heavy atom. The Hall–Kier alpha value is -2.06. The van der Waals surface area contributed by atoms with Gasteiger partial charge in [0.1, 0.15) is 10.6 Å². The monoisotopic (exact) mass is 395 g/mol. The number of nitrogens with zero attached hydrogens (tertiary/aromatic N) is 2. The lowest BCUT2D eigenvalue weighted by Gasteiger charge is -2.11. The van der Waals surface area contributed by atoms with E-state index in [-0.39, 0.29) is 16.6 Å². The zero-order valence-electron chi connectivity index (χ0n) is 12.4. The molecule has 6 nitrogen and oxygen atoms in total. The van der Waals surface area contributed by atoms with Crippen LogP contribution in [0.2, 0.25) is 0 Å². The van der Waals surface area contributed by atoms with Crippen LogP contribution in [-0.2, 0) is 17.1 Å². The molecule has 0 fully saturated rings. The van der Waals surface area contributed by atoms with E-state index < -0.39 is 10.0 Å². The number of hydrogen-bond donors (Lipinski definition) is 1. The number of methoxy groups -OCH3 is 1. The third-order valence-electron chi connectivity index (χ3n) is 3.43. The molecule has 3 aromatic rings. The molecule has 23 heavy (non-hydrogen) atoms. The molecule has 8 heteroatoms. The Bertz CT molecular complexity index is 983. The third kappa shape index (κ3) is 2.91. The zero-order valence-corrected chi connectivity index (χ0v) is 14.8. The second-order valence-corrected chi connectivity index (χ2v) is 7.45. The normalized spacial score (nSPS) is 11.6. The van der Waals surface area contributed by atoms with E-state index in [2.05, 4.69) is 25.6 Å². The highest BCUT2D eigenvalue weighted by Crippen LogP contribution is 2.29. The average molecular weight is 396 g/mol. The summed E-state index contributed by atoms with van der Waals surface area (Å²) in [7, 11) is -0.654. The number of hydrogen-bond acceptors (Lipinski definition) is 4. The van der Waals surface area contributed by atoms with Crippen molar-refractivity contribution in [1.82, 2.24) is 9.55 Å². The molecule has 120 valence electrons. The standard InChI is InChI=1S/C15H14BrN3O3S/c1-19-12-6-4-3-5-11(12)17-15(19)18-23(20,21)14-9-10(16)7-8-13(14)22-2/h3-9H,1-2H3,(H,17,18). The molecule has 2 aromatic carbocycles. The van der Waals surface area contributed by atoms with Crippen LogP contribution in [0.5, 0.6) is 5.75 Å². The number of ether oxygens (including phenoxy) is 1. The summed E-state index contributed by atoms with van der Waals surface area (Å²) in [6, 6.07) is 12.2. The molecule has 1 N–H and O–H groups in total. The topological polar surface area (TPSA) is 73.2 Å². The summed E-state index contributed by atoms with van der Waals surface area (Å²) in [4.78, 5) is 4.36. The van der Waals surface area contributed by atoms with Gasteiger partial charge in [-0.15, -0.1) is 0 Å². The van der Waals surface area contributed by atoms with Crippen LogP contribution in [-0.4, -0.2) is 25.1 Å². The summed E-state index contributed by atoms with van der Waals surface area (Å²) >= 11 is 3.28. The summed E-state index contributed by atoms with van der Waals surface area (Å²) in [6.07, 6.45) is 0. The SMILES string of the molecule is COc1ccc(Br)cc1S(=O)(=O)Nc1nc2ccccc2n1C. The number of aryl methyl sites for hydroxylation is 1. The summed E-state index contributed by atoms with van der Waals surface area (Å²) in [6.45, 7) is 0. The Balaban J connectivity index is 2.07. The molecule has 3 rings (SSSR count). The van der Waals surface area contributed by atoms with E-state index in [1.807, 2.05) is 24.3 Å². The van der Waals surface area contributed by atoms with Crippen molar-refractivity contribution in [2.75, 3.05) is 11.8 Å². The minimum Gasteiger partial charge on any atom is -0.495 e. The minimum absolute atomic E-state index is 0.0430. The molecule has 0 unspecified atom stereocenters. The quantitative estimate of drug-likeness (QED) is 0.736. The highest BCUT2D eigenvalue weighted by atomic mass is 79.9. The Morgan fingerprint density at radius 2 is 1.96 bits per heavy atom. The molecule has 1 aromatic heterocycles. The van der Waals surface area contributed by atoms with Crippen LogP contribution in [0.3, 0.4) is 0 Å². The smallest absolute Gasteiger partial charge is 0.267 e. The molecular formula is C15H14BrN3O3S. The molecule has 0 radical (unpaired) electrons. The van der Waals surface area contributed by atoms with Gasteiger partial charge < -0.3 is 9.30 Å². The second kappa shape index (κ2) is 5.86. The van der Waals surface area contributed by atoms with Crippen LogP contribution in [0.15, 0.2) is 51.8 Å². The average Bonchev–Trinajstić information content (AvgIpc) is 2.83. The first-order valence-electron chi connectivity index (χ1n) is 6.70. The van der Waals surface area contributed by atoms with Crippen molar-refractivity contribution in [3.05, 3.63) is 46.9 Å². The number of aromatic nitrogens is 2. The predicted octanol–water partition coefficient (Wildman–Crippen LogP) is 3.15. The molecule has 0 aliphatic rings. The molecule has 0 bridgehead atoms. The van der Waals surface area contributed by atoms with Gasteiger partial charge in [-0.1, -0.05) is 28.1 Å².